The summed E-state index contributed by atoms with van der Waals surface area (Å²) in [4.78, 5) is 0. The van der Waals surface area contributed by atoms with Crippen LogP contribution >= 0.6 is 0 Å². The quantitative estimate of drug-likeness (QED) is 0.0889. The maximum absolute atomic E-state index is 13.9. The summed E-state index contributed by atoms with van der Waals surface area (Å²) in [5, 5.41) is 220. The number of hydrogen-bond donors (Lipinski definition) is 19. The smallest absolute Gasteiger partial charge is 0.305 e. The van der Waals surface area contributed by atoms with Gasteiger partial charge in [0, 0.05) is 81.3 Å². The van der Waals surface area contributed by atoms with Gasteiger partial charge in [-0.15, -0.1) is 0 Å². The summed E-state index contributed by atoms with van der Waals surface area (Å²) in [5.74, 6) is -21.5. The van der Waals surface area contributed by atoms with Gasteiger partial charge in [0.05, 0.1) is 23.9 Å². The fraction of sp³-hybridized carbons (Fsp3) is 0.200. The third-order valence-electron chi connectivity index (χ3n) is 16.3. The van der Waals surface area contributed by atoms with Gasteiger partial charge in [0.2, 0.25) is 0 Å². The molecule has 432 valence electrons. The van der Waals surface area contributed by atoms with Gasteiger partial charge in [0.1, 0.15) is 93.4 Å². The van der Waals surface area contributed by atoms with Gasteiger partial charge in [0.25, 0.3) is 0 Å². The van der Waals surface area contributed by atoms with Crippen LogP contribution in [0, 0.1) is 0 Å². The Kier molecular flexibility index (Phi) is 11.7. The number of fused-ring (bicyclic) bond motifs is 10. The summed E-state index contributed by atoms with van der Waals surface area (Å²) in [6.07, 6.45) is -13.5. The fourth-order valence-electron chi connectivity index (χ4n) is 12.6. The molecule has 8 aromatic rings. The van der Waals surface area contributed by atoms with Gasteiger partial charge in [0.15, 0.2) is 58.2 Å². The van der Waals surface area contributed by atoms with E-state index in [9.17, 15) is 97.0 Å². The average Bonchev–Trinajstić information content (AvgIpc) is 1.02. The van der Waals surface area contributed by atoms with Gasteiger partial charge in [-0.25, -0.2) is 0 Å². The van der Waals surface area contributed by atoms with E-state index in [2.05, 4.69) is 0 Å². The van der Waals surface area contributed by atoms with Crippen molar-refractivity contribution in [3.8, 4) is 115 Å². The van der Waals surface area contributed by atoms with Gasteiger partial charge in [-0.1, -0.05) is 18.2 Å². The normalized spacial score (nSPS) is 25.1. The van der Waals surface area contributed by atoms with Crippen molar-refractivity contribution in [3.05, 3.63) is 164 Å². The van der Waals surface area contributed by atoms with Crippen molar-refractivity contribution < 1.29 is 121 Å². The summed E-state index contributed by atoms with van der Waals surface area (Å²) in [6.45, 7) is 0. The lowest BCUT2D eigenvalue weighted by Crippen LogP contribution is -2.58. The summed E-state index contributed by atoms with van der Waals surface area (Å²) < 4.78 is 33.2. The van der Waals surface area contributed by atoms with Crippen LogP contribution in [0.15, 0.2) is 103 Å². The number of ether oxygens (including phenoxy) is 5. The SMILES string of the molecule is Oc1cc(O)c2c(c1)O[C@H](c1ccc(O)c(O)c1)[C@H](O)[C@H]2c1c(O)c2c(c3c1O[C@]1(c4ccc(O)c(O)c4)Oc4cc(O)cc(O)c4[C@H]3[C@@H]1O)O[C@H](c1ccc(O)c(O)c1)[C@H](O)[C@H]2c1c(O)cc(O)c2c1O[C@H](c1ccc(O)c(O)c1)[C@@H](O)C2. The van der Waals surface area contributed by atoms with Crippen LogP contribution in [0.5, 0.6) is 115 Å². The predicted octanol–water partition coefficient (Wildman–Crippen LogP) is 5.69. The molecule has 0 saturated heterocycles. The van der Waals surface area contributed by atoms with Crippen molar-refractivity contribution in [3.63, 3.8) is 0 Å². The highest BCUT2D eigenvalue weighted by molar-refractivity contribution is 5.77. The van der Waals surface area contributed by atoms with Crippen LogP contribution < -0.4 is 23.7 Å². The van der Waals surface area contributed by atoms with Crippen molar-refractivity contribution in [2.75, 3.05) is 0 Å². The monoisotopic (exact) mass is 1150 g/mol. The lowest BCUT2D eigenvalue weighted by molar-refractivity contribution is -0.219. The van der Waals surface area contributed by atoms with Crippen LogP contribution in [-0.2, 0) is 12.2 Å². The van der Waals surface area contributed by atoms with Gasteiger partial charge in [-0.3, -0.25) is 0 Å². The number of aromatic hydroxyl groups is 15. The lowest BCUT2D eigenvalue weighted by Gasteiger charge is -2.52. The maximum Gasteiger partial charge on any atom is 0.305 e. The zero-order chi connectivity index (χ0) is 59.4. The van der Waals surface area contributed by atoms with E-state index in [0.29, 0.717) is 0 Å². The molecule has 24 heteroatoms. The van der Waals surface area contributed by atoms with Gasteiger partial charge >= 0.3 is 5.79 Å². The molecule has 13 rings (SSSR count). The maximum atomic E-state index is 13.9. The minimum atomic E-state index is -2.72. The first-order valence-corrected chi connectivity index (χ1v) is 25.8. The van der Waals surface area contributed by atoms with E-state index in [-0.39, 0.29) is 39.1 Å². The number of phenolic OH excluding ortho intramolecular Hbond substituents is 15. The second kappa shape index (κ2) is 18.6. The van der Waals surface area contributed by atoms with Crippen molar-refractivity contribution in [2.24, 2.45) is 0 Å². The molecule has 0 amide bonds. The molecule has 5 aliphatic rings. The van der Waals surface area contributed by atoms with Gasteiger partial charge in [-0.05, 0) is 71.3 Å². The number of hydrogen-bond acceptors (Lipinski definition) is 24. The number of benzene rings is 8. The topological polar surface area (TPSA) is 431 Å². The molecule has 0 aliphatic carbocycles. The van der Waals surface area contributed by atoms with Crippen LogP contribution in [0.4, 0.5) is 0 Å². The third-order valence-corrected chi connectivity index (χ3v) is 16.3. The molecule has 0 saturated carbocycles. The molecule has 0 unspecified atom stereocenters. The molecular weight excluding hydrogens is 1100 g/mol. The highest BCUT2D eigenvalue weighted by Gasteiger charge is 2.63. The molecule has 19 N–H and O–H groups in total. The number of aliphatic hydroxyl groups is 4. The fourth-order valence-corrected chi connectivity index (χ4v) is 12.6. The van der Waals surface area contributed by atoms with Crippen LogP contribution in [0.1, 0.15) is 97.3 Å². The molecule has 0 aromatic heterocycles. The first kappa shape index (κ1) is 52.9. The molecule has 0 fully saturated rings. The van der Waals surface area contributed by atoms with Crippen molar-refractivity contribution >= 4 is 0 Å². The Morgan fingerprint density at radius 1 is 0.345 bits per heavy atom. The van der Waals surface area contributed by atoms with E-state index in [1.807, 2.05) is 0 Å². The van der Waals surface area contributed by atoms with Crippen molar-refractivity contribution in [2.45, 2.75) is 72.7 Å². The lowest BCUT2D eigenvalue weighted by atomic mass is 9.68. The second-order valence-electron chi connectivity index (χ2n) is 21.2. The third kappa shape index (κ3) is 7.68. The second-order valence-corrected chi connectivity index (χ2v) is 21.2. The molecule has 8 aromatic carbocycles. The zero-order valence-corrected chi connectivity index (χ0v) is 42.8. The largest absolute Gasteiger partial charge is 0.508 e. The molecular formula is C60H48O24. The molecule has 11 atom stereocenters. The first-order chi connectivity index (χ1) is 40.0. The summed E-state index contributed by atoms with van der Waals surface area (Å²) in [7, 11) is 0. The average molecular weight is 1150 g/mol. The highest BCUT2D eigenvalue weighted by Crippen LogP contribution is 2.69. The Morgan fingerprint density at radius 3 is 1.37 bits per heavy atom. The Hall–Kier alpha value is -10.4. The Balaban J connectivity index is 1.18. The van der Waals surface area contributed by atoms with Gasteiger partial charge in [-0.2, -0.15) is 0 Å². The molecule has 2 bridgehead atoms. The van der Waals surface area contributed by atoms with Crippen molar-refractivity contribution in [1.82, 2.24) is 0 Å². The van der Waals surface area contributed by atoms with Crippen LogP contribution in [0.2, 0.25) is 0 Å². The Bertz CT molecular complexity index is 4110. The van der Waals surface area contributed by atoms with E-state index in [1.54, 1.807) is 0 Å². The van der Waals surface area contributed by atoms with E-state index in [0.717, 1.165) is 78.9 Å². The van der Waals surface area contributed by atoms with E-state index in [1.165, 1.54) is 24.3 Å². The molecule has 5 aliphatic heterocycles. The van der Waals surface area contributed by atoms with E-state index in [4.69, 9.17) is 23.7 Å². The van der Waals surface area contributed by atoms with E-state index >= 15 is 0 Å². The number of rotatable bonds is 6. The van der Waals surface area contributed by atoms with Crippen LogP contribution in [-0.4, -0.2) is 121 Å². The Morgan fingerprint density at radius 2 is 0.810 bits per heavy atom. The van der Waals surface area contributed by atoms with Crippen molar-refractivity contribution in [1.29, 1.82) is 0 Å². The van der Waals surface area contributed by atoms with E-state index < -0.39 is 210 Å². The molecule has 0 spiro atoms. The minimum absolute atomic E-state index is 0.0527. The molecule has 5 heterocycles. The molecule has 24 nitrogen and oxygen atoms in total. The summed E-state index contributed by atoms with van der Waals surface area (Å²) in [6, 6.07) is 18.0. The molecule has 0 radical (unpaired) electrons. The Labute approximate surface area is 471 Å². The summed E-state index contributed by atoms with van der Waals surface area (Å²) in [5.41, 5.74) is -3.38. The predicted molar refractivity (Wildman–Crippen MR) is 283 cm³/mol. The van der Waals surface area contributed by atoms with Gasteiger partial charge < -0.3 is 121 Å². The van der Waals surface area contributed by atoms with Crippen LogP contribution in [0.3, 0.4) is 0 Å². The van der Waals surface area contributed by atoms with Crippen LogP contribution in [0.25, 0.3) is 0 Å². The number of phenols is 15. The zero-order valence-electron chi connectivity index (χ0n) is 42.8. The summed E-state index contributed by atoms with van der Waals surface area (Å²) >= 11 is 0. The standard InChI is InChI=1S/C60H48O24/c61-23-13-35(72)41-39(15-23)80-54(20-2-6-27(64)32(69)10-20)51(77)44(41)48-50(76)47-45(43-37(74)18-30(67)25-17-38(75)53(81-56(25)43)19-1-5-26(63)31(68)9-19)52(78)55(21-3-7-28(65)33(70)11-21)82-57(47)49-46-42-36(73)14-24(62)16-40(42)83-60(59(46)79,84-58(48)49)22-4-8-29(66)34(71)12-22/h1-16,18,38,44-46,51-55,59,61-79H,17H2/t38-,44+,45-,46+,51+,52+,53+,54+,55+,59-,60-/m0/s1. The minimum Gasteiger partial charge on any atom is -0.508 e. The number of aliphatic hydroxyl groups excluding tert-OH is 4. The molecule has 84 heavy (non-hydrogen) atoms. The highest BCUT2D eigenvalue weighted by atomic mass is 16.7. The first-order valence-electron chi connectivity index (χ1n) is 25.8.